The molecular formula is C13H22N2O3. The summed E-state index contributed by atoms with van der Waals surface area (Å²) in [5.74, 6) is -0.121. The van der Waals surface area contributed by atoms with Crippen LogP contribution in [-0.2, 0) is 9.59 Å². The molecule has 2 N–H and O–H groups in total. The second-order valence-electron chi connectivity index (χ2n) is 5.73. The summed E-state index contributed by atoms with van der Waals surface area (Å²) >= 11 is 0. The molecule has 2 aliphatic rings. The predicted octanol–water partition coefficient (Wildman–Crippen LogP) is 0.130. The standard InChI is InChI=1S/C13H22N2O3/c1-8(2)11(16)6-14-13(18)9-5-12(17)15(7-9)10-3-4-10/h8-11,16H,3-7H2,1-2H3,(H,14,18). The maximum absolute atomic E-state index is 11.9. The summed E-state index contributed by atoms with van der Waals surface area (Å²) in [5.41, 5.74) is 0. The molecule has 2 atom stereocenters. The van der Waals surface area contributed by atoms with Crippen LogP contribution in [0.1, 0.15) is 33.1 Å². The SMILES string of the molecule is CC(C)C(O)CNC(=O)C1CC(=O)N(C2CC2)C1. The molecule has 1 saturated heterocycles. The summed E-state index contributed by atoms with van der Waals surface area (Å²) in [5, 5.41) is 12.4. The number of aliphatic hydroxyl groups is 1. The summed E-state index contributed by atoms with van der Waals surface area (Å²) < 4.78 is 0. The summed E-state index contributed by atoms with van der Waals surface area (Å²) in [6.07, 6.45) is 1.95. The van der Waals surface area contributed by atoms with Gasteiger partial charge in [-0.15, -0.1) is 0 Å². The van der Waals surface area contributed by atoms with Gasteiger partial charge in [0.25, 0.3) is 0 Å². The van der Waals surface area contributed by atoms with Gasteiger partial charge in [-0.1, -0.05) is 13.8 Å². The Morgan fingerprint density at radius 1 is 1.50 bits per heavy atom. The molecule has 102 valence electrons. The van der Waals surface area contributed by atoms with Crippen LogP contribution in [0.15, 0.2) is 0 Å². The van der Waals surface area contributed by atoms with Crippen molar-refractivity contribution < 1.29 is 14.7 Å². The third-order valence-electron chi connectivity index (χ3n) is 3.77. The van der Waals surface area contributed by atoms with E-state index in [2.05, 4.69) is 5.32 Å². The first-order valence-corrected chi connectivity index (χ1v) is 6.74. The van der Waals surface area contributed by atoms with Gasteiger partial charge in [0.1, 0.15) is 0 Å². The van der Waals surface area contributed by atoms with Crippen molar-refractivity contribution in [3.05, 3.63) is 0 Å². The molecular weight excluding hydrogens is 232 g/mol. The maximum Gasteiger partial charge on any atom is 0.225 e. The highest BCUT2D eigenvalue weighted by Gasteiger charge is 2.41. The average Bonchev–Trinajstić information content (AvgIpc) is 3.09. The Bertz CT molecular complexity index is 339. The van der Waals surface area contributed by atoms with Gasteiger partial charge in [0.2, 0.25) is 11.8 Å². The van der Waals surface area contributed by atoms with Crippen molar-refractivity contribution in [2.45, 2.75) is 45.3 Å². The Hall–Kier alpha value is -1.10. The van der Waals surface area contributed by atoms with Gasteiger partial charge in [0.05, 0.1) is 12.0 Å². The minimum absolute atomic E-state index is 0.0991. The van der Waals surface area contributed by atoms with Crippen LogP contribution in [0.2, 0.25) is 0 Å². The number of likely N-dealkylation sites (tertiary alicyclic amines) is 1. The van der Waals surface area contributed by atoms with E-state index in [1.165, 1.54) is 0 Å². The van der Waals surface area contributed by atoms with E-state index in [1.807, 2.05) is 18.7 Å². The lowest BCUT2D eigenvalue weighted by Crippen LogP contribution is -2.39. The van der Waals surface area contributed by atoms with Gasteiger partial charge in [0, 0.05) is 25.6 Å². The van der Waals surface area contributed by atoms with E-state index in [9.17, 15) is 14.7 Å². The zero-order chi connectivity index (χ0) is 13.3. The number of nitrogens with zero attached hydrogens (tertiary/aromatic N) is 1. The van der Waals surface area contributed by atoms with E-state index < -0.39 is 6.10 Å². The van der Waals surface area contributed by atoms with Crippen molar-refractivity contribution in [2.24, 2.45) is 11.8 Å². The fourth-order valence-corrected chi connectivity index (χ4v) is 2.23. The van der Waals surface area contributed by atoms with E-state index >= 15 is 0 Å². The number of hydrogen-bond acceptors (Lipinski definition) is 3. The summed E-state index contributed by atoms with van der Waals surface area (Å²) in [4.78, 5) is 25.5. The molecule has 1 saturated carbocycles. The number of rotatable bonds is 5. The molecule has 0 aromatic rings. The van der Waals surface area contributed by atoms with E-state index in [4.69, 9.17) is 0 Å². The molecule has 2 amide bonds. The quantitative estimate of drug-likeness (QED) is 0.732. The van der Waals surface area contributed by atoms with Crippen LogP contribution < -0.4 is 5.32 Å². The molecule has 5 nitrogen and oxygen atoms in total. The maximum atomic E-state index is 11.9. The van der Waals surface area contributed by atoms with Gasteiger partial charge in [-0.3, -0.25) is 9.59 Å². The normalized spacial score (nSPS) is 25.7. The predicted molar refractivity (Wildman–Crippen MR) is 66.7 cm³/mol. The van der Waals surface area contributed by atoms with Crippen molar-refractivity contribution in [3.8, 4) is 0 Å². The Labute approximate surface area is 108 Å². The molecule has 0 bridgehead atoms. The molecule has 0 aromatic carbocycles. The average molecular weight is 254 g/mol. The molecule has 1 aliphatic carbocycles. The van der Waals surface area contributed by atoms with Gasteiger partial charge in [-0.05, 0) is 18.8 Å². The molecule has 0 aromatic heterocycles. The van der Waals surface area contributed by atoms with Crippen molar-refractivity contribution >= 4 is 11.8 Å². The van der Waals surface area contributed by atoms with Gasteiger partial charge >= 0.3 is 0 Å². The van der Waals surface area contributed by atoms with Gasteiger partial charge in [-0.25, -0.2) is 0 Å². The lowest BCUT2D eigenvalue weighted by atomic mass is 10.1. The van der Waals surface area contributed by atoms with E-state index in [0.717, 1.165) is 12.8 Å². The molecule has 1 heterocycles. The number of amides is 2. The fourth-order valence-electron chi connectivity index (χ4n) is 2.23. The molecule has 18 heavy (non-hydrogen) atoms. The molecule has 2 rings (SSSR count). The fraction of sp³-hybridized carbons (Fsp3) is 0.846. The number of nitrogens with one attached hydrogen (secondary N) is 1. The highest BCUT2D eigenvalue weighted by atomic mass is 16.3. The number of carbonyl (C=O) groups is 2. The van der Waals surface area contributed by atoms with Gasteiger partial charge in [-0.2, -0.15) is 0 Å². The first-order chi connectivity index (χ1) is 8.49. The van der Waals surface area contributed by atoms with E-state index in [-0.39, 0.29) is 30.2 Å². The largest absolute Gasteiger partial charge is 0.391 e. The van der Waals surface area contributed by atoms with Crippen LogP contribution >= 0.6 is 0 Å². The molecule has 5 heteroatoms. The lowest BCUT2D eigenvalue weighted by Gasteiger charge is -2.18. The van der Waals surface area contributed by atoms with E-state index in [1.54, 1.807) is 0 Å². The van der Waals surface area contributed by atoms with Crippen LogP contribution in [0.25, 0.3) is 0 Å². The lowest BCUT2D eigenvalue weighted by molar-refractivity contribution is -0.129. The highest BCUT2D eigenvalue weighted by molar-refractivity contribution is 5.89. The monoisotopic (exact) mass is 254 g/mol. The van der Waals surface area contributed by atoms with Crippen LogP contribution in [0.4, 0.5) is 0 Å². The number of hydrogen-bond donors (Lipinski definition) is 2. The van der Waals surface area contributed by atoms with Crippen molar-refractivity contribution in [1.82, 2.24) is 10.2 Å². The first-order valence-electron chi connectivity index (χ1n) is 6.74. The topological polar surface area (TPSA) is 69.6 Å². The van der Waals surface area contributed by atoms with Gasteiger partial charge < -0.3 is 15.3 Å². The molecule has 2 unspecified atom stereocenters. The second-order valence-corrected chi connectivity index (χ2v) is 5.73. The Morgan fingerprint density at radius 2 is 2.17 bits per heavy atom. The van der Waals surface area contributed by atoms with Crippen molar-refractivity contribution in [3.63, 3.8) is 0 Å². The first kappa shape index (κ1) is 13.3. The smallest absolute Gasteiger partial charge is 0.225 e. The van der Waals surface area contributed by atoms with E-state index in [0.29, 0.717) is 19.0 Å². The molecule has 2 fully saturated rings. The van der Waals surface area contributed by atoms with Crippen molar-refractivity contribution in [2.75, 3.05) is 13.1 Å². The summed E-state index contributed by atoms with van der Waals surface area (Å²) in [6, 6.07) is 0.386. The Kier molecular flexibility index (Phi) is 3.90. The molecule has 0 spiro atoms. The van der Waals surface area contributed by atoms with Crippen molar-refractivity contribution in [1.29, 1.82) is 0 Å². The van der Waals surface area contributed by atoms with Crippen LogP contribution in [0, 0.1) is 11.8 Å². The highest BCUT2D eigenvalue weighted by Crippen LogP contribution is 2.32. The third kappa shape index (κ3) is 3.02. The minimum Gasteiger partial charge on any atom is -0.391 e. The Balaban J connectivity index is 1.78. The van der Waals surface area contributed by atoms with Crippen LogP contribution in [0.3, 0.4) is 0 Å². The van der Waals surface area contributed by atoms with Crippen LogP contribution in [-0.4, -0.2) is 47.1 Å². The summed E-state index contributed by atoms with van der Waals surface area (Å²) in [6.45, 7) is 4.63. The molecule has 1 aliphatic heterocycles. The Morgan fingerprint density at radius 3 is 2.72 bits per heavy atom. The third-order valence-corrected chi connectivity index (χ3v) is 3.77. The second kappa shape index (κ2) is 5.26. The zero-order valence-electron chi connectivity index (χ0n) is 11.1. The summed E-state index contributed by atoms with van der Waals surface area (Å²) in [7, 11) is 0. The molecule has 0 radical (unpaired) electrons. The number of aliphatic hydroxyl groups excluding tert-OH is 1. The van der Waals surface area contributed by atoms with Crippen LogP contribution in [0.5, 0.6) is 0 Å². The number of carbonyl (C=O) groups excluding carboxylic acids is 2. The zero-order valence-corrected chi connectivity index (χ0v) is 11.1. The van der Waals surface area contributed by atoms with Gasteiger partial charge in [0.15, 0.2) is 0 Å². The minimum atomic E-state index is -0.523.